The van der Waals surface area contributed by atoms with Gasteiger partial charge in [-0.05, 0) is 54.4 Å². The predicted molar refractivity (Wildman–Crippen MR) is 181 cm³/mol. The van der Waals surface area contributed by atoms with Crippen LogP contribution in [0.5, 0.6) is 0 Å². The van der Waals surface area contributed by atoms with Crippen molar-refractivity contribution in [3.8, 4) is 0 Å². The predicted octanol–water partition coefficient (Wildman–Crippen LogP) is 3.63. The molecule has 10 nitrogen and oxygen atoms in total. The Morgan fingerprint density at radius 3 is 2.33 bits per heavy atom. The lowest BCUT2D eigenvalue weighted by molar-refractivity contribution is 0.0532. The summed E-state index contributed by atoms with van der Waals surface area (Å²) in [6.07, 6.45) is 0.295. The van der Waals surface area contributed by atoms with Crippen molar-refractivity contribution in [1.82, 2.24) is 25.3 Å². The maximum absolute atomic E-state index is 14.9. The van der Waals surface area contributed by atoms with Crippen molar-refractivity contribution >= 4 is 50.1 Å². The van der Waals surface area contributed by atoms with Crippen LogP contribution in [0.4, 0.5) is 4.39 Å². The molecule has 1 saturated heterocycles. The van der Waals surface area contributed by atoms with Crippen molar-refractivity contribution in [2.24, 2.45) is 5.73 Å². The van der Waals surface area contributed by atoms with Gasteiger partial charge in [0.1, 0.15) is 5.82 Å². The summed E-state index contributed by atoms with van der Waals surface area (Å²) >= 11 is 0. The van der Waals surface area contributed by atoms with Crippen LogP contribution in [-0.4, -0.2) is 88.5 Å². The minimum absolute atomic E-state index is 0.0586. The molecular weight excluding hydrogens is 628 g/mol. The van der Waals surface area contributed by atoms with Crippen molar-refractivity contribution in [2.75, 3.05) is 50.8 Å². The summed E-state index contributed by atoms with van der Waals surface area (Å²) in [5.74, 6) is 0.0295. The first-order chi connectivity index (χ1) is 22.2. The zero-order valence-electron chi connectivity index (χ0n) is 25.4. The van der Waals surface area contributed by atoms with Gasteiger partial charge in [0, 0.05) is 73.7 Å². The summed E-state index contributed by atoms with van der Waals surface area (Å²) in [7, 11) is 3.31. The first-order valence-corrected chi connectivity index (χ1v) is 17.4. The standard InChI is InChI=1S/C33H35FN6O4S2/c1-21-16-23(30(41)36-9-15-46-45-14-8-35)20-24(17-21)32(43)39-10-12-40(13-11-39)33(44)27-18-22(6-7-28(27)34)19-29-25-4-2-3-5-26(25)31(42)38-37-29/h2-7,16-18,20H,8-15,19,35H2,1H3,(H,36,41)(H,38,42). The highest BCUT2D eigenvalue weighted by atomic mass is 33.1. The number of carbonyl (C=O) groups is 3. The number of nitrogens with zero attached hydrogens (tertiary/aromatic N) is 3. The highest BCUT2D eigenvalue weighted by Crippen LogP contribution is 2.21. The molecular formula is C33H35FN6O4S2. The van der Waals surface area contributed by atoms with Crippen LogP contribution in [-0.2, 0) is 6.42 Å². The maximum atomic E-state index is 14.9. The first kappa shape index (κ1) is 33.2. The highest BCUT2D eigenvalue weighted by Gasteiger charge is 2.28. The number of aromatic amines is 1. The number of halogens is 1. The van der Waals surface area contributed by atoms with Gasteiger partial charge in [0.2, 0.25) is 0 Å². The topological polar surface area (TPSA) is 141 Å². The summed E-state index contributed by atoms with van der Waals surface area (Å²) in [5.41, 5.74) is 8.03. The van der Waals surface area contributed by atoms with Gasteiger partial charge < -0.3 is 20.9 Å². The third kappa shape index (κ3) is 7.95. The van der Waals surface area contributed by atoms with Crippen molar-refractivity contribution in [3.05, 3.63) is 110 Å². The van der Waals surface area contributed by atoms with Crippen LogP contribution in [0.2, 0.25) is 0 Å². The fourth-order valence-corrected chi connectivity index (χ4v) is 7.09. The summed E-state index contributed by atoms with van der Waals surface area (Å²) in [6, 6.07) is 16.6. The van der Waals surface area contributed by atoms with Crippen molar-refractivity contribution in [1.29, 1.82) is 0 Å². The largest absolute Gasteiger partial charge is 0.351 e. The quantitative estimate of drug-likeness (QED) is 0.163. The van der Waals surface area contributed by atoms with E-state index in [9.17, 15) is 23.6 Å². The van der Waals surface area contributed by atoms with E-state index in [-0.39, 0.29) is 49.1 Å². The molecule has 0 bridgehead atoms. The Kier molecular flexibility index (Phi) is 11.1. The number of nitrogens with two attached hydrogens (primary N) is 1. The van der Waals surface area contributed by atoms with Crippen molar-refractivity contribution in [3.63, 3.8) is 0 Å². The van der Waals surface area contributed by atoms with Crippen LogP contribution < -0.4 is 16.6 Å². The lowest BCUT2D eigenvalue weighted by atomic mass is 10.0. The molecule has 1 fully saturated rings. The maximum Gasteiger partial charge on any atom is 0.272 e. The second kappa shape index (κ2) is 15.4. The first-order valence-electron chi connectivity index (χ1n) is 14.9. The summed E-state index contributed by atoms with van der Waals surface area (Å²) < 4.78 is 14.9. The molecule has 5 rings (SSSR count). The summed E-state index contributed by atoms with van der Waals surface area (Å²) in [5, 5.41) is 10.8. The molecule has 1 aliphatic rings. The number of rotatable bonds is 11. The lowest BCUT2D eigenvalue weighted by Gasteiger charge is -2.35. The summed E-state index contributed by atoms with van der Waals surface area (Å²) in [6.45, 7) is 3.95. The molecule has 0 spiro atoms. The number of amides is 3. The van der Waals surface area contributed by atoms with Crippen molar-refractivity contribution < 1.29 is 18.8 Å². The Labute approximate surface area is 273 Å². The van der Waals surface area contributed by atoms with Crippen LogP contribution in [0.3, 0.4) is 0 Å². The molecule has 4 N–H and O–H groups in total. The van der Waals surface area contributed by atoms with Crippen LogP contribution >= 0.6 is 21.6 Å². The van der Waals surface area contributed by atoms with Gasteiger partial charge in [-0.3, -0.25) is 19.2 Å². The molecule has 0 radical (unpaired) electrons. The molecule has 240 valence electrons. The molecule has 46 heavy (non-hydrogen) atoms. The second-order valence-corrected chi connectivity index (χ2v) is 13.6. The highest BCUT2D eigenvalue weighted by molar-refractivity contribution is 8.76. The van der Waals surface area contributed by atoms with Gasteiger partial charge in [0.05, 0.1) is 16.6 Å². The lowest BCUT2D eigenvalue weighted by Crippen LogP contribution is -2.50. The number of aryl methyl sites for hydroxylation is 1. The van der Waals surface area contributed by atoms with E-state index in [1.807, 2.05) is 13.0 Å². The number of benzene rings is 3. The fourth-order valence-electron chi connectivity index (χ4n) is 5.32. The number of fused-ring (bicyclic) bond motifs is 1. The fraction of sp³-hybridized carbons (Fsp3) is 0.303. The van der Waals surface area contributed by atoms with E-state index >= 15 is 0 Å². The van der Waals surface area contributed by atoms with Gasteiger partial charge >= 0.3 is 0 Å². The molecule has 13 heteroatoms. The number of nitrogens with one attached hydrogen (secondary N) is 2. The molecule has 0 aliphatic carbocycles. The van der Waals surface area contributed by atoms with Crippen LogP contribution in [0, 0.1) is 12.7 Å². The van der Waals surface area contributed by atoms with E-state index < -0.39 is 11.7 Å². The van der Waals surface area contributed by atoms with Crippen LogP contribution in [0.25, 0.3) is 10.8 Å². The molecule has 2 heterocycles. The second-order valence-electron chi connectivity index (χ2n) is 10.9. The number of hydrogen-bond acceptors (Lipinski definition) is 8. The molecule has 4 aromatic rings. The number of carbonyl (C=O) groups excluding carboxylic acids is 3. The monoisotopic (exact) mass is 662 g/mol. The number of piperazine rings is 1. The number of aromatic nitrogens is 2. The third-order valence-corrected chi connectivity index (χ3v) is 10.0. The van der Waals surface area contributed by atoms with Gasteiger partial charge in [0.25, 0.3) is 23.3 Å². The smallest absolute Gasteiger partial charge is 0.272 e. The van der Waals surface area contributed by atoms with Gasteiger partial charge in [-0.25, -0.2) is 9.49 Å². The minimum Gasteiger partial charge on any atom is -0.351 e. The van der Waals surface area contributed by atoms with E-state index in [4.69, 9.17) is 5.73 Å². The minimum atomic E-state index is -0.634. The Morgan fingerprint density at radius 2 is 1.59 bits per heavy atom. The normalized spacial score (nSPS) is 13.2. The Hall–Kier alpha value is -4.20. The molecule has 1 aromatic heterocycles. The third-order valence-electron chi connectivity index (χ3n) is 7.60. The van der Waals surface area contributed by atoms with Crippen molar-refractivity contribution in [2.45, 2.75) is 13.3 Å². The molecule has 0 saturated carbocycles. The molecule has 3 aromatic carbocycles. The van der Waals surface area contributed by atoms with E-state index in [0.717, 1.165) is 17.1 Å². The van der Waals surface area contributed by atoms with Gasteiger partial charge in [0.15, 0.2) is 0 Å². The van der Waals surface area contributed by atoms with E-state index in [1.165, 1.54) is 12.1 Å². The number of H-pyrrole nitrogens is 1. The zero-order chi connectivity index (χ0) is 32.6. The van der Waals surface area contributed by atoms with Crippen LogP contribution in [0.15, 0.2) is 65.5 Å². The Morgan fingerprint density at radius 1 is 0.913 bits per heavy atom. The number of hydrogen-bond donors (Lipinski definition) is 3. The zero-order valence-corrected chi connectivity index (χ0v) is 27.0. The average Bonchev–Trinajstić information content (AvgIpc) is 3.07. The van der Waals surface area contributed by atoms with E-state index in [0.29, 0.717) is 52.7 Å². The van der Waals surface area contributed by atoms with E-state index in [2.05, 4.69) is 15.5 Å². The SMILES string of the molecule is Cc1cc(C(=O)NCCSSCCN)cc(C(=O)N2CCN(C(=O)c3cc(Cc4n[nH]c(=O)c5ccccc45)ccc3F)CC2)c1. The average molecular weight is 663 g/mol. The van der Waals surface area contributed by atoms with E-state index in [1.54, 1.807) is 73.9 Å². The Balaban J connectivity index is 1.21. The van der Waals surface area contributed by atoms with Crippen LogP contribution in [0.1, 0.15) is 47.9 Å². The molecule has 3 amide bonds. The molecule has 0 unspecified atom stereocenters. The summed E-state index contributed by atoms with van der Waals surface area (Å²) in [4.78, 5) is 54.9. The van der Waals surface area contributed by atoms with Gasteiger partial charge in [-0.2, -0.15) is 5.10 Å². The Bertz CT molecular complexity index is 1810. The molecule has 1 aliphatic heterocycles. The van der Waals surface area contributed by atoms with Gasteiger partial charge in [-0.1, -0.05) is 45.9 Å². The molecule has 0 atom stereocenters. The van der Waals surface area contributed by atoms with Gasteiger partial charge in [-0.15, -0.1) is 0 Å².